The molecule has 2 aliphatic rings. The number of rotatable bonds is 5. The molecule has 1 saturated heterocycles. The molecule has 2 aliphatic heterocycles. The van der Waals surface area contributed by atoms with Crippen LogP contribution in [0.2, 0.25) is 0 Å². The number of aryl methyl sites for hydroxylation is 1. The van der Waals surface area contributed by atoms with E-state index in [1.165, 1.54) is 4.31 Å². The smallest absolute Gasteiger partial charge is 0.252 e. The van der Waals surface area contributed by atoms with Gasteiger partial charge >= 0.3 is 0 Å². The van der Waals surface area contributed by atoms with Crippen molar-refractivity contribution in [3.8, 4) is 22.9 Å². The van der Waals surface area contributed by atoms with E-state index >= 15 is 0 Å². The minimum absolute atomic E-state index is 0.130. The molecule has 10 nitrogen and oxygen atoms in total. The number of hydrogen-bond donors (Lipinski definition) is 1. The molecule has 1 N–H and O–H groups in total. The lowest BCUT2D eigenvalue weighted by atomic mass is 9.97. The van der Waals surface area contributed by atoms with Crippen molar-refractivity contribution in [1.29, 1.82) is 0 Å². The molecule has 33 heavy (non-hydrogen) atoms. The highest BCUT2D eigenvalue weighted by molar-refractivity contribution is 7.91. The van der Waals surface area contributed by atoms with Gasteiger partial charge in [-0.05, 0) is 31.0 Å². The summed E-state index contributed by atoms with van der Waals surface area (Å²) in [5, 5.41) is 8.44. The average molecular weight is 491 g/mol. The van der Waals surface area contributed by atoms with E-state index in [1.807, 2.05) is 0 Å². The van der Waals surface area contributed by atoms with Crippen LogP contribution < -0.4 is 14.8 Å². The molecule has 0 atom stereocenters. The van der Waals surface area contributed by atoms with Crippen LogP contribution in [0, 0.1) is 12.8 Å². The van der Waals surface area contributed by atoms with Gasteiger partial charge in [0.1, 0.15) is 17.4 Å². The predicted molar refractivity (Wildman–Crippen MR) is 120 cm³/mol. The van der Waals surface area contributed by atoms with E-state index in [4.69, 9.17) is 14.0 Å². The number of aromatic nitrogens is 2. The maximum absolute atomic E-state index is 13.1. The van der Waals surface area contributed by atoms with Crippen molar-refractivity contribution in [2.75, 3.05) is 31.6 Å². The molecule has 1 fully saturated rings. The van der Waals surface area contributed by atoms with Crippen LogP contribution >= 0.6 is 11.3 Å². The topological polar surface area (TPSA) is 124 Å². The molecule has 12 heteroatoms. The van der Waals surface area contributed by atoms with Gasteiger partial charge in [-0.1, -0.05) is 5.16 Å². The van der Waals surface area contributed by atoms with E-state index in [-0.39, 0.29) is 29.1 Å². The molecule has 0 aliphatic carbocycles. The summed E-state index contributed by atoms with van der Waals surface area (Å²) in [6.07, 6.45) is 0.885. The molecule has 0 spiro atoms. The van der Waals surface area contributed by atoms with Crippen LogP contribution in [-0.2, 0) is 14.8 Å². The predicted octanol–water partition coefficient (Wildman–Crippen LogP) is 2.92. The lowest BCUT2D eigenvalue weighted by Gasteiger charge is -2.30. The number of benzene rings is 1. The SMILES string of the molecule is Cc1nc(-c2csc(S(=O)(=O)N3CCC(C(=O)Nc4ccc5c(c4)OCCO5)CC3)c2)no1. The number of carbonyl (C=O) groups is 1. The molecule has 0 unspecified atom stereocenters. The van der Waals surface area contributed by atoms with Gasteiger partial charge in [-0.3, -0.25) is 4.79 Å². The quantitative estimate of drug-likeness (QED) is 0.579. The highest BCUT2D eigenvalue weighted by Gasteiger charge is 2.33. The number of nitrogens with zero attached hydrogens (tertiary/aromatic N) is 3. The van der Waals surface area contributed by atoms with Gasteiger partial charge in [0, 0.05) is 48.6 Å². The number of sulfonamides is 1. The number of ether oxygens (including phenoxy) is 2. The molecule has 1 amide bonds. The second kappa shape index (κ2) is 8.76. The van der Waals surface area contributed by atoms with Crippen LogP contribution in [0.5, 0.6) is 11.5 Å². The van der Waals surface area contributed by atoms with E-state index in [0.29, 0.717) is 60.5 Å². The number of thiophene rings is 1. The second-order valence-electron chi connectivity index (χ2n) is 7.82. The Morgan fingerprint density at radius 2 is 1.91 bits per heavy atom. The van der Waals surface area contributed by atoms with Gasteiger partial charge in [0.15, 0.2) is 11.5 Å². The van der Waals surface area contributed by atoms with Crippen molar-refractivity contribution in [3.63, 3.8) is 0 Å². The van der Waals surface area contributed by atoms with Gasteiger partial charge in [-0.2, -0.15) is 9.29 Å². The molecular weight excluding hydrogens is 468 g/mol. The number of piperidine rings is 1. The average Bonchev–Trinajstić information content (AvgIpc) is 3.49. The van der Waals surface area contributed by atoms with Gasteiger partial charge in [0.25, 0.3) is 10.0 Å². The number of anilines is 1. The largest absolute Gasteiger partial charge is 0.486 e. The van der Waals surface area contributed by atoms with Gasteiger partial charge in [-0.25, -0.2) is 8.42 Å². The molecule has 2 aromatic heterocycles. The lowest BCUT2D eigenvalue weighted by molar-refractivity contribution is -0.120. The van der Waals surface area contributed by atoms with E-state index in [0.717, 1.165) is 11.3 Å². The summed E-state index contributed by atoms with van der Waals surface area (Å²) in [4.78, 5) is 16.9. The summed E-state index contributed by atoms with van der Waals surface area (Å²) in [6, 6.07) is 6.84. The third kappa shape index (κ3) is 4.45. The fourth-order valence-corrected chi connectivity index (χ4v) is 6.62. The summed E-state index contributed by atoms with van der Waals surface area (Å²) < 4.78 is 43.8. The first-order valence-corrected chi connectivity index (χ1v) is 12.8. The third-order valence-corrected chi connectivity index (χ3v) is 8.90. The first-order valence-electron chi connectivity index (χ1n) is 10.5. The zero-order valence-corrected chi connectivity index (χ0v) is 19.4. The Morgan fingerprint density at radius 3 is 2.64 bits per heavy atom. The first-order chi connectivity index (χ1) is 15.9. The highest BCUT2D eigenvalue weighted by atomic mass is 32.2. The maximum atomic E-state index is 13.1. The zero-order valence-electron chi connectivity index (χ0n) is 17.8. The van der Waals surface area contributed by atoms with Crippen LogP contribution in [0.25, 0.3) is 11.4 Å². The Labute approximate surface area is 194 Å². The maximum Gasteiger partial charge on any atom is 0.252 e. The van der Waals surface area contributed by atoms with Crippen LogP contribution in [0.15, 0.2) is 38.4 Å². The summed E-state index contributed by atoms with van der Waals surface area (Å²) in [5.74, 6) is 1.63. The monoisotopic (exact) mass is 490 g/mol. The van der Waals surface area contributed by atoms with Gasteiger partial charge in [-0.15, -0.1) is 11.3 Å². The molecule has 174 valence electrons. The molecule has 5 rings (SSSR count). The van der Waals surface area contributed by atoms with E-state index in [9.17, 15) is 13.2 Å². The summed E-state index contributed by atoms with van der Waals surface area (Å²) in [6.45, 7) is 3.20. The molecule has 0 radical (unpaired) electrons. The third-order valence-electron chi connectivity index (χ3n) is 5.59. The number of carbonyl (C=O) groups excluding carboxylic acids is 1. The fourth-order valence-electron chi connectivity index (χ4n) is 3.84. The summed E-state index contributed by atoms with van der Waals surface area (Å²) >= 11 is 1.12. The molecular formula is C21H22N4O6S2. The Balaban J connectivity index is 1.20. The fraction of sp³-hybridized carbons (Fsp3) is 0.381. The molecule has 1 aromatic carbocycles. The van der Waals surface area contributed by atoms with Crippen molar-refractivity contribution >= 4 is 33.0 Å². The van der Waals surface area contributed by atoms with E-state index in [1.54, 1.807) is 36.6 Å². The number of fused-ring (bicyclic) bond motifs is 1. The molecule has 3 aromatic rings. The van der Waals surface area contributed by atoms with Crippen molar-refractivity contribution in [2.24, 2.45) is 5.92 Å². The first kappa shape index (κ1) is 21.9. The van der Waals surface area contributed by atoms with E-state index in [2.05, 4.69) is 15.5 Å². The number of amides is 1. The zero-order chi connectivity index (χ0) is 23.0. The van der Waals surface area contributed by atoms with Crippen molar-refractivity contribution in [1.82, 2.24) is 14.4 Å². The van der Waals surface area contributed by atoms with Crippen molar-refractivity contribution < 1.29 is 27.2 Å². The van der Waals surface area contributed by atoms with Crippen LogP contribution in [0.4, 0.5) is 5.69 Å². The highest BCUT2D eigenvalue weighted by Crippen LogP contribution is 2.34. The molecule has 0 saturated carbocycles. The number of nitrogens with one attached hydrogen (secondary N) is 1. The van der Waals surface area contributed by atoms with Crippen LogP contribution in [0.1, 0.15) is 18.7 Å². The van der Waals surface area contributed by atoms with Crippen LogP contribution in [0.3, 0.4) is 0 Å². The Morgan fingerprint density at radius 1 is 1.15 bits per heavy atom. The Hall–Kier alpha value is -2.96. The lowest BCUT2D eigenvalue weighted by Crippen LogP contribution is -2.41. The molecule has 0 bridgehead atoms. The van der Waals surface area contributed by atoms with Gasteiger partial charge in [0.05, 0.1) is 0 Å². The number of hydrogen-bond acceptors (Lipinski definition) is 9. The normalized spacial score (nSPS) is 17.1. The standard InChI is InChI=1S/C21H22N4O6S2/c1-13-22-20(24-31-13)15-10-19(32-12-15)33(27,28)25-6-4-14(5-7-25)21(26)23-16-2-3-17-18(11-16)30-9-8-29-17/h2-3,10-12,14H,4-9H2,1H3,(H,23,26). The van der Waals surface area contributed by atoms with Gasteiger partial charge < -0.3 is 19.3 Å². The Bertz CT molecular complexity index is 1280. The summed E-state index contributed by atoms with van der Waals surface area (Å²) in [5.41, 5.74) is 1.23. The van der Waals surface area contributed by atoms with Crippen molar-refractivity contribution in [2.45, 2.75) is 24.0 Å². The van der Waals surface area contributed by atoms with E-state index < -0.39 is 10.0 Å². The minimum Gasteiger partial charge on any atom is -0.486 e. The second-order valence-corrected chi connectivity index (χ2v) is 10.9. The van der Waals surface area contributed by atoms with Gasteiger partial charge in [0.2, 0.25) is 17.6 Å². The van der Waals surface area contributed by atoms with Crippen LogP contribution in [-0.4, -0.2) is 55.1 Å². The Kier molecular flexibility index (Phi) is 5.81. The minimum atomic E-state index is -3.66. The summed E-state index contributed by atoms with van der Waals surface area (Å²) in [7, 11) is -3.66. The molecule has 4 heterocycles. The van der Waals surface area contributed by atoms with Crippen molar-refractivity contribution in [3.05, 3.63) is 35.5 Å².